The lowest BCUT2D eigenvalue weighted by Crippen LogP contribution is -2.41. The second kappa shape index (κ2) is 9.01. The minimum absolute atomic E-state index is 0.0411. The second-order valence-electron chi connectivity index (χ2n) is 6.55. The van der Waals surface area contributed by atoms with E-state index in [1.165, 1.54) is 24.3 Å². The van der Waals surface area contributed by atoms with Crippen LogP contribution in [0, 0.1) is 0 Å². The van der Waals surface area contributed by atoms with Crippen LogP contribution in [0.2, 0.25) is 15.1 Å². The number of likely N-dealkylation sites (tertiary alicyclic amines) is 1. The first kappa shape index (κ1) is 21.4. The molecule has 0 N–H and O–H groups in total. The SMILES string of the molecule is O=C(CN(Cc1ccc(Cl)cc1Cl)S(=O)(=O)c1ccc(Cl)cc1)N1CCCC1. The van der Waals surface area contributed by atoms with Crippen LogP contribution in [0.5, 0.6) is 0 Å². The number of carbonyl (C=O) groups excluding carboxylic acids is 1. The molecule has 0 radical (unpaired) electrons. The summed E-state index contributed by atoms with van der Waals surface area (Å²) in [6.45, 7) is 0.995. The van der Waals surface area contributed by atoms with Gasteiger partial charge in [0, 0.05) is 34.7 Å². The van der Waals surface area contributed by atoms with Crippen LogP contribution in [0.1, 0.15) is 18.4 Å². The zero-order valence-electron chi connectivity index (χ0n) is 14.9. The van der Waals surface area contributed by atoms with Gasteiger partial charge in [0.15, 0.2) is 0 Å². The van der Waals surface area contributed by atoms with E-state index in [0.717, 1.165) is 17.1 Å². The summed E-state index contributed by atoms with van der Waals surface area (Å²) in [5.74, 6) is -0.222. The molecule has 1 amide bonds. The highest BCUT2D eigenvalue weighted by atomic mass is 35.5. The number of carbonyl (C=O) groups is 1. The molecule has 1 aliphatic heterocycles. The molecule has 1 saturated heterocycles. The highest BCUT2D eigenvalue weighted by Crippen LogP contribution is 2.26. The molecule has 1 heterocycles. The molecule has 0 aromatic heterocycles. The Labute approximate surface area is 179 Å². The molecule has 0 saturated carbocycles. The molecule has 0 spiro atoms. The highest BCUT2D eigenvalue weighted by molar-refractivity contribution is 7.89. The van der Waals surface area contributed by atoms with Crippen molar-refractivity contribution in [2.75, 3.05) is 19.6 Å². The lowest BCUT2D eigenvalue weighted by molar-refractivity contribution is -0.130. The number of rotatable bonds is 6. The van der Waals surface area contributed by atoms with Gasteiger partial charge < -0.3 is 4.90 Å². The molecule has 1 fully saturated rings. The van der Waals surface area contributed by atoms with E-state index in [4.69, 9.17) is 34.8 Å². The molecule has 9 heteroatoms. The maximum Gasteiger partial charge on any atom is 0.243 e. The van der Waals surface area contributed by atoms with Crippen molar-refractivity contribution in [3.63, 3.8) is 0 Å². The predicted molar refractivity (Wildman–Crippen MR) is 111 cm³/mol. The van der Waals surface area contributed by atoms with E-state index in [1.807, 2.05) is 0 Å². The maximum absolute atomic E-state index is 13.2. The van der Waals surface area contributed by atoms with Crippen molar-refractivity contribution in [2.24, 2.45) is 0 Å². The quantitative estimate of drug-likeness (QED) is 0.638. The van der Waals surface area contributed by atoms with E-state index in [2.05, 4.69) is 0 Å². The van der Waals surface area contributed by atoms with Crippen molar-refractivity contribution >= 4 is 50.7 Å². The number of sulfonamides is 1. The molecule has 0 aliphatic carbocycles. The summed E-state index contributed by atoms with van der Waals surface area (Å²) >= 11 is 18.0. The molecule has 0 atom stereocenters. The van der Waals surface area contributed by atoms with Crippen molar-refractivity contribution in [3.8, 4) is 0 Å². The normalized spacial score (nSPS) is 14.6. The van der Waals surface area contributed by atoms with Crippen LogP contribution in [-0.2, 0) is 21.4 Å². The van der Waals surface area contributed by atoms with Crippen LogP contribution < -0.4 is 0 Å². The van der Waals surface area contributed by atoms with Gasteiger partial charge in [-0.1, -0.05) is 40.9 Å². The van der Waals surface area contributed by atoms with Crippen molar-refractivity contribution in [2.45, 2.75) is 24.3 Å². The van der Waals surface area contributed by atoms with Crippen LogP contribution in [0.3, 0.4) is 0 Å². The third-order valence-corrected chi connectivity index (χ3v) is 7.23. The zero-order valence-corrected chi connectivity index (χ0v) is 18.0. The summed E-state index contributed by atoms with van der Waals surface area (Å²) in [5, 5.41) is 1.23. The summed E-state index contributed by atoms with van der Waals surface area (Å²) in [7, 11) is -3.93. The van der Waals surface area contributed by atoms with Crippen molar-refractivity contribution in [3.05, 3.63) is 63.1 Å². The summed E-state index contributed by atoms with van der Waals surface area (Å²) in [6.07, 6.45) is 1.86. The fourth-order valence-electron chi connectivity index (χ4n) is 3.04. The van der Waals surface area contributed by atoms with Crippen LogP contribution in [0.4, 0.5) is 0 Å². The average molecular weight is 462 g/mol. The number of hydrogen-bond donors (Lipinski definition) is 0. The minimum atomic E-state index is -3.93. The van der Waals surface area contributed by atoms with Gasteiger partial charge in [-0.2, -0.15) is 4.31 Å². The van der Waals surface area contributed by atoms with Crippen molar-refractivity contribution in [1.82, 2.24) is 9.21 Å². The Kier molecular flexibility index (Phi) is 6.89. The zero-order chi connectivity index (χ0) is 20.3. The van der Waals surface area contributed by atoms with E-state index in [-0.39, 0.29) is 23.9 Å². The minimum Gasteiger partial charge on any atom is -0.342 e. The fraction of sp³-hybridized carbons (Fsp3) is 0.316. The third kappa shape index (κ3) is 4.99. The molecule has 28 heavy (non-hydrogen) atoms. The van der Waals surface area contributed by atoms with Gasteiger partial charge in [-0.25, -0.2) is 8.42 Å². The van der Waals surface area contributed by atoms with Crippen molar-refractivity contribution < 1.29 is 13.2 Å². The molecule has 0 unspecified atom stereocenters. The first-order valence-corrected chi connectivity index (χ1v) is 11.3. The smallest absolute Gasteiger partial charge is 0.243 e. The first-order chi connectivity index (χ1) is 13.3. The summed E-state index contributed by atoms with van der Waals surface area (Å²) in [5.41, 5.74) is 0.567. The van der Waals surface area contributed by atoms with E-state index >= 15 is 0 Å². The van der Waals surface area contributed by atoms with Crippen molar-refractivity contribution in [1.29, 1.82) is 0 Å². The molecular formula is C19H19Cl3N2O3S. The van der Waals surface area contributed by atoms with Crippen LogP contribution in [-0.4, -0.2) is 43.2 Å². The standard InChI is InChI=1S/C19H19Cl3N2O3S/c20-15-5-7-17(8-6-15)28(26,27)24(13-19(25)23-9-1-2-10-23)12-14-3-4-16(21)11-18(14)22/h3-8,11H,1-2,9-10,12-13H2. The molecule has 1 aliphatic rings. The number of amides is 1. The lowest BCUT2D eigenvalue weighted by atomic mass is 10.2. The lowest BCUT2D eigenvalue weighted by Gasteiger charge is -2.25. The number of nitrogens with zero attached hydrogens (tertiary/aromatic N) is 2. The van der Waals surface area contributed by atoms with E-state index in [9.17, 15) is 13.2 Å². The fourth-order valence-corrected chi connectivity index (χ4v) is 5.00. The van der Waals surface area contributed by atoms with Crippen LogP contribution in [0.15, 0.2) is 47.4 Å². The van der Waals surface area contributed by atoms with E-state index < -0.39 is 10.0 Å². The largest absolute Gasteiger partial charge is 0.342 e. The first-order valence-electron chi connectivity index (χ1n) is 8.75. The molecule has 3 rings (SSSR count). The number of halogens is 3. The topological polar surface area (TPSA) is 57.7 Å². The monoisotopic (exact) mass is 460 g/mol. The predicted octanol–water partition coefficient (Wildman–Crippen LogP) is 4.46. The van der Waals surface area contributed by atoms with E-state index in [1.54, 1.807) is 23.1 Å². The Morgan fingerprint density at radius 3 is 2.18 bits per heavy atom. The Morgan fingerprint density at radius 2 is 1.57 bits per heavy atom. The molecule has 150 valence electrons. The van der Waals surface area contributed by atoms with Gasteiger partial charge in [0.25, 0.3) is 0 Å². The van der Waals surface area contributed by atoms with Gasteiger partial charge in [0.1, 0.15) is 0 Å². The maximum atomic E-state index is 13.2. The Balaban J connectivity index is 1.92. The molecule has 2 aromatic carbocycles. The second-order valence-corrected chi connectivity index (χ2v) is 9.77. The van der Waals surface area contributed by atoms with E-state index in [0.29, 0.717) is 33.7 Å². The highest BCUT2D eigenvalue weighted by Gasteiger charge is 2.30. The van der Waals surface area contributed by atoms with Crippen LogP contribution in [0.25, 0.3) is 0 Å². The Morgan fingerprint density at radius 1 is 0.964 bits per heavy atom. The number of hydrogen-bond acceptors (Lipinski definition) is 3. The summed E-state index contributed by atoms with van der Waals surface area (Å²) < 4.78 is 27.6. The number of benzene rings is 2. The van der Waals surface area contributed by atoms with Gasteiger partial charge in [-0.15, -0.1) is 0 Å². The van der Waals surface area contributed by atoms with Crippen LogP contribution >= 0.6 is 34.8 Å². The third-order valence-electron chi connectivity index (χ3n) is 4.58. The van der Waals surface area contributed by atoms with Gasteiger partial charge in [0.05, 0.1) is 11.4 Å². The average Bonchev–Trinajstić information content (AvgIpc) is 3.18. The van der Waals surface area contributed by atoms with Gasteiger partial charge in [0.2, 0.25) is 15.9 Å². The Hall–Kier alpha value is -1.31. The molecule has 0 bridgehead atoms. The van der Waals surface area contributed by atoms with Gasteiger partial charge in [-0.3, -0.25) is 4.79 Å². The molecule has 5 nitrogen and oxygen atoms in total. The molecular weight excluding hydrogens is 443 g/mol. The molecule has 2 aromatic rings. The summed E-state index contributed by atoms with van der Waals surface area (Å²) in [6, 6.07) is 10.7. The Bertz CT molecular complexity index is 959. The summed E-state index contributed by atoms with van der Waals surface area (Å²) in [4.78, 5) is 14.4. The van der Waals surface area contributed by atoms with Gasteiger partial charge >= 0.3 is 0 Å². The van der Waals surface area contributed by atoms with Gasteiger partial charge in [-0.05, 0) is 54.8 Å².